The molecule has 0 bridgehead atoms. The molecule has 24 heavy (non-hydrogen) atoms. The fourth-order valence-corrected chi connectivity index (χ4v) is 2.56. The first kappa shape index (κ1) is 18.2. The second kappa shape index (κ2) is 7.18. The lowest BCUT2D eigenvalue weighted by atomic mass is 10.1. The number of carbonyl (C=O) groups is 1. The van der Waals surface area contributed by atoms with Crippen molar-refractivity contribution in [1.29, 1.82) is 0 Å². The van der Waals surface area contributed by atoms with Crippen LogP contribution in [0.15, 0.2) is 42.5 Å². The third-order valence-electron chi connectivity index (χ3n) is 3.07. The molecule has 6 nitrogen and oxygen atoms in total. The van der Waals surface area contributed by atoms with E-state index >= 15 is 0 Å². The van der Waals surface area contributed by atoms with Gasteiger partial charge in [-0.15, -0.1) is 0 Å². The molecule has 7 heteroatoms. The van der Waals surface area contributed by atoms with Gasteiger partial charge >= 0.3 is 7.60 Å². The number of hydrogen-bond acceptors (Lipinski definition) is 4. The number of Topliss-reactive ketones (excluding diaryl/α,β-unsaturated/α-hetero) is 1. The van der Waals surface area contributed by atoms with Crippen molar-refractivity contribution < 1.29 is 28.6 Å². The maximum Gasteiger partial charge on any atom is 0.356 e. The number of ether oxygens (including phenoxy) is 2. The Morgan fingerprint density at radius 2 is 1.58 bits per heavy atom. The van der Waals surface area contributed by atoms with E-state index in [1.165, 1.54) is 31.2 Å². The molecule has 0 aliphatic rings. The monoisotopic (exact) mass is 350 g/mol. The molecule has 0 aromatic heterocycles. The molecule has 0 saturated carbocycles. The van der Waals surface area contributed by atoms with Crippen LogP contribution in [0.4, 0.5) is 0 Å². The second-order valence-electron chi connectivity index (χ2n) is 5.56. The first-order chi connectivity index (χ1) is 11.1. The number of rotatable bonds is 6. The Morgan fingerprint density at radius 3 is 2.08 bits per heavy atom. The van der Waals surface area contributed by atoms with Crippen molar-refractivity contribution in [3.63, 3.8) is 0 Å². The van der Waals surface area contributed by atoms with E-state index in [9.17, 15) is 9.36 Å². The predicted molar refractivity (Wildman–Crippen MR) is 90.4 cm³/mol. The minimum atomic E-state index is -4.29. The zero-order chi connectivity index (χ0) is 17.9. The summed E-state index contributed by atoms with van der Waals surface area (Å²) in [5.74, 6) is 1.19. The average Bonchev–Trinajstić information content (AvgIpc) is 2.45. The molecule has 0 atom stereocenters. The Balaban J connectivity index is 2.29. The maximum atomic E-state index is 11.6. The van der Waals surface area contributed by atoms with Gasteiger partial charge in [-0.1, -0.05) is 0 Å². The summed E-state index contributed by atoms with van der Waals surface area (Å²) in [6.45, 7) is 5.20. The van der Waals surface area contributed by atoms with E-state index in [0.717, 1.165) is 0 Å². The van der Waals surface area contributed by atoms with E-state index in [2.05, 4.69) is 0 Å². The van der Waals surface area contributed by atoms with Crippen molar-refractivity contribution in [2.45, 2.75) is 26.9 Å². The summed E-state index contributed by atoms with van der Waals surface area (Å²) < 4.78 is 22.5. The molecular weight excluding hydrogens is 331 g/mol. The predicted octanol–water partition coefficient (Wildman–Crippen LogP) is 3.27. The fraction of sp³-hybridized carbons (Fsp3) is 0.235. The number of ketones is 1. The fourth-order valence-electron chi connectivity index (χ4n) is 2.02. The summed E-state index contributed by atoms with van der Waals surface area (Å²) in [6.07, 6.45) is -0.0532. The summed E-state index contributed by atoms with van der Waals surface area (Å²) in [5.41, 5.74) is 0.454. The van der Waals surface area contributed by atoms with Gasteiger partial charge in [-0.3, -0.25) is 9.36 Å². The lowest BCUT2D eigenvalue weighted by Gasteiger charge is -2.13. The maximum absolute atomic E-state index is 11.6. The van der Waals surface area contributed by atoms with Gasteiger partial charge < -0.3 is 19.3 Å². The van der Waals surface area contributed by atoms with Gasteiger partial charge in [0.2, 0.25) is 0 Å². The van der Waals surface area contributed by atoms with E-state index in [1.54, 1.807) is 18.2 Å². The Bertz CT molecular complexity index is 776. The van der Waals surface area contributed by atoms with Gasteiger partial charge in [0.1, 0.15) is 17.2 Å². The van der Waals surface area contributed by atoms with Gasteiger partial charge in [-0.05, 0) is 57.2 Å². The van der Waals surface area contributed by atoms with Gasteiger partial charge in [-0.25, -0.2) is 0 Å². The topological polar surface area (TPSA) is 93.1 Å². The molecule has 0 aliphatic carbocycles. The lowest BCUT2D eigenvalue weighted by molar-refractivity contribution is 0.101. The van der Waals surface area contributed by atoms with Crippen LogP contribution in [-0.4, -0.2) is 21.7 Å². The largest absolute Gasteiger partial charge is 0.491 e. The number of carbonyl (C=O) groups excluding carboxylic acids is 1. The van der Waals surface area contributed by atoms with Crippen LogP contribution >= 0.6 is 7.60 Å². The second-order valence-corrected chi connectivity index (χ2v) is 7.16. The molecule has 2 rings (SSSR count). The quantitative estimate of drug-likeness (QED) is 0.613. The molecule has 0 spiro atoms. The van der Waals surface area contributed by atoms with Crippen LogP contribution in [0.3, 0.4) is 0 Å². The first-order valence-corrected chi connectivity index (χ1v) is 8.93. The van der Waals surface area contributed by atoms with Gasteiger partial charge in [0.15, 0.2) is 5.78 Å². The van der Waals surface area contributed by atoms with Crippen LogP contribution in [0.25, 0.3) is 0 Å². The SMILES string of the molecule is CC(=O)c1cc(Oc2ccc(P(=O)(O)O)cc2)cc(OC(C)C)c1. The van der Waals surface area contributed by atoms with E-state index in [0.29, 0.717) is 22.8 Å². The van der Waals surface area contributed by atoms with Gasteiger partial charge in [0, 0.05) is 11.6 Å². The summed E-state index contributed by atoms with van der Waals surface area (Å²) in [5, 5.41) is -0.0869. The lowest BCUT2D eigenvalue weighted by Crippen LogP contribution is -2.06. The van der Waals surface area contributed by atoms with Crippen molar-refractivity contribution >= 4 is 18.7 Å². The average molecular weight is 350 g/mol. The van der Waals surface area contributed by atoms with Crippen molar-refractivity contribution in [1.82, 2.24) is 0 Å². The molecule has 0 unspecified atom stereocenters. The molecular formula is C17H19O6P. The minimum Gasteiger partial charge on any atom is -0.491 e. The molecule has 0 aliphatic heterocycles. The van der Waals surface area contributed by atoms with Crippen molar-refractivity contribution in [2.24, 2.45) is 0 Å². The highest BCUT2D eigenvalue weighted by atomic mass is 31.2. The molecule has 0 fully saturated rings. The zero-order valence-electron chi connectivity index (χ0n) is 13.6. The third kappa shape index (κ3) is 4.93. The van der Waals surface area contributed by atoms with Gasteiger partial charge in [-0.2, -0.15) is 0 Å². The van der Waals surface area contributed by atoms with Crippen molar-refractivity contribution in [3.8, 4) is 17.2 Å². The van der Waals surface area contributed by atoms with Crippen LogP contribution in [0.5, 0.6) is 17.2 Å². The van der Waals surface area contributed by atoms with Crippen molar-refractivity contribution in [2.75, 3.05) is 0 Å². The highest BCUT2D eigenvalue weighted by Gasteiger charge is 2.16. The summed E-state index contributed by atoms with van der Waals surface area (Å²) in [6, 6.07) is 10.4. The Labute approximate surface area is 140 Å². The highest BCUT2D eigenvalue weighted by molar-refractivity contribution is 7.60. The minimum absolute atomic E-state index is 0.0532. The van der Waals surface area contributed by atoms with Crippen LogP contribution in [0.1, 0.15) is 31.1 Å². The van der Waals surface area contributed by atoms with Crippen LogP contribution in [0, 0.1) is 0 Å². The molecule has 2 aromatic rings. The number of hydrogen-bond donors (Lipinski definition) is 2. The molecule has 0 amide bonds. The van der Waals surface area contributed by atoms with Gasteiger partial charge in [0.05, 0.1) is 11.4 Å². The Kier molecular flexibility index (Phi) is 5.44. The third-order valence-corrected chi connectivity index (χ3v) is 4.04. The Morgan fingerprint density at radius 1 is 1.00 bits per heavy atom. The molecule has 0 saturated heterocycles. The van der Waals surface area contributed by atoms with Gasteiger partial charge in [0.25, 0.3) is 0 Å². The van der Waals surface area contributed by atoms with Crippen LogP contribution in [-0.2, 0) is 4.57 Å². The molecule has 2 N–H and O–H groups in total. The van der Waals surface area contributed by atoms with Crippen LogP contribution in [0.2, 0.25) is 0 Å². The van der Waals surface area contributed by atoms with E-state index in [-0.39, 0.29) is 17.2 Å². The van der Waals surface area contributed by atoms with E-state index < -0.39 is 7.60 Å². The molecule has 0 heterocycles. The summed E-state index contributed by atoms with van der Waals surface area (Å²) in [7, 11) is -4.29. The normalized spacial score (nSPS) is 11.4. The Hall–Kier alpha value is -2.14. The first-order valence-electron chi connectivity index (χ1n) is 7.32. The van der Waals surface area contributed by atoms with Crippen LogP contribution < -0.4 is 14.8 Å². The summed E-state index contributed by atoms with van der Waals surface area (Å²) in [4.78, 5) is 29.9. The standard InChI is InChI=1S/C17H19O6P/c1-11(2)22-15-8-13(12(3)18)9-16(10-15)23-14-4-6-17(7-5-14)24(19,20)21/h4-11H,1-3H3,(H2,19,20,21). The smallest absolute Gasteiger partial charge is 0.356 e. The molecule has 2 aromatic carbocycles. The van der Waals surface area contributed by atoms with E-state index in [4.69, 9.17) is 19.3 Å². The van der Waals surface area contributed by atoms with Crippen molar-refractivity contribution in [3.05, 3.63) is 48.0 Å². The highest BCUT2D eigenvalue weighted by Crippen LogP contribution is 2.34. The molecule has 128 valence electrons. The molecule has 0 radical (unpaired) electrons. The summed E-state index contributed by atoms with van der Waals surface area (Å²) >= 11 is 0. The van der Waals surface area contributed by atoms with E-state index in [1.807, 2.05) is 13.8 Å². The zero-order valence-corrected chi connectivity index (χ0v) is 14.5. The number of benzene rings is 2.